The zero-order chi connectivity index (χ0) is 38.3. The summed E-state index contributed by atoms with van der Waals surface area (Å²) in [5, 5.41) is 7.49. The fourth-order valence-corrected chi connectivity index (χ4v) is 7.79. The minimum absolute atomic E-state index is 0.0365. The Hall–Kier alpha value is -6.49. The SMILES string of the molecule is C=C[C@H](NC(N=C(C)c1ccc(-c2ccc(-c3cccc(-c4ccccc4N4c5ccccc5NC4CCC)c3)cc2)cc1)c1ccccc1)c1ccccc1. The van der Waals surface area contributed by atoms with Crippen molar-refractivity contribution in [2.45, 2.75) is 45.1 Å². The van der Waals surface area contributed by atoms with Gasteiger partial charge < -0.3 is 10.2 Å². The van der Waals surface area contributed by atoms with Crippen LogP contribution in [0.2, 0.25) is 0 Å². The molecule has 56 heavy (non-hydrogen) atoms. The lowest BCUT2D eigenvalue weighted by Crippen LogP contribution is -2.31. The molecule has 1 aliphatic rings. The maximum Gasteiger partial charge on any atom is 0.126 e. The van der Waals surface area contributed by atoms with E-state index in [1.165, 1.54) is 50.4 Å². The number of benzene rings is 7. The van der Waals surface area contributed by atoms with Crippen LogP contribution >= 0.6 is 0 Å². The maximum atomic E-state index is 5.21. The van der Waals surface area contributed by atoms with E-state index in [0.29, 0.717) is 0 Å². The summed E-state index contributed by atoms with van der Waals surface area (Å²) in [6.07, 6.45) is 4.10. The first-order valence-corrected chi connectivity index (χ1v) is 19.7. The summed E-state index contributed by atoms with van der Waals surface area (Å²) in [7, 11) is 0. The molecule has 0 amide bonds. The number of hydrogen-bond donors (Lipinski definition) is 2. The molecule has 276 valence electrons. The Morgan fingerprint density at radius 3 is 1.89 bits per heavy atom. The average Bonchev–Trinajstić information content (AvgIpc) is 3.63. The van der Waals surface area contributed by atoms with Crippen molar-refractivity contribution in [2.75, 3.05) is 10.2 Å². The third-order valence-corrected chi connectivity index (χ3v) is 10.7. The number of nitrogens with zero attached hydrogens (tertiary/aromatic N) is 2. The number of para-hydroxylation sites is 3. The van der Waals surface area contributed by atoms with E-state index in [9.17, 15) is 0 Å². The highest BCUT2D eigenvalue weighted by Gasteiger charge is 2.30. The van der Waals surface area contributed by atoms with E-state index in [1.54, 1.807) is 0 Å². The second kappa shape index (κ2) is 16.9. The minimum atomic E-state index is -0.231. The average molecular weight is 729 g/mol. The van der Waals surface area contributed by atoms with Gasteiger partial charge in [-0.05, 0) is 82.1 Å². The third-order valence-electron chi connectivity index (χ3n) is 10.7. The van der Waals surface area contributed by atoms with E-state index in [0.717, 1.165) is 35.2 Å². The Balaban J connectivity index is 1.01. The van der Waals surface area contributed by atoms with Crippen LogP contribution in [0.15, 0.2) is 200 Å². The van der Waals surface area contributed by atoms with Gasteiger partial charge in [0.25, 0.3) is 0 Å². The summed E-state index contributed by atoms with van der Waals surface area (Å²) in [5.41, 5.74) is 15.2. The van der Waals surface area contributed by atoms with Crippen molar-refractivity contribution in [1.29, 1.82) is 0 Å². The summed E-state index contributed by atoms with van der Waals surface area (Å²) < 4.78 is 0. The molecule has 8 rings (SSSR count). The molecular formula is C52H48N4. The van der Waals surface area contributed by atoms with E-state index < -0.39 is 0 Å². The molecule has 0 fully saturated rings. The van der Waals surface area contributed by atoms with E-state index in [-0.39, 0.29) is 18.4 Å². The van der Waals surface area contributed by atoms with Crippen molar-refractivity contribution >= 4 is 22.8 Å². The molecule has 2 unspecified atom stereocenters. The first kappa shape index (κ1) is 36.5. The van der Waals surface area contributed by atoms with Gasteiger partial charge in [-0.15, -0.1) is 6.58 Å². The number of aliphatic imine (C=N–C) groups is 1. The van der Waals surface area contributed by atoms with Crippen LogP contribution in [-0.2, 0) is 0 Å². The highest BCUT2D eigenvalue weighted by atomic mass is 15.3. The lowest BCUT2D eigenvalue weighted by Gasteiger charge is -2.29. The lowest BCUT2D eigenvalue weighted by molar-refractivity contribution is 0.511. The predicted octanol–water partition coefficient (Wildman–Crippen LogP) is 13.4. The van der Waals surface area contributed by atoms with Crippen molar-refractivity contribution in [2.24, 2.45) is 4.99 Å². The molecule has 4 nitrogen and oxygen atoms in total. The highest BCUT2D eigenvalue weighted by molar-refractivity contribution is 5.99. The molecule has 2 N–H and O–H groups in total. The van der Waals surface area contributed by atoms with Crippen molar-refractivity contribution in [1.82, 2.24) is 5.32 Å². The lowest BCUT2D eigenvalue weighted by atomic mass is 9.95. The molecule has 3 atom stereocenters. The third kappa shape index (κ3) is 7.84. The smallest absolute Gasteiger partial charge is 0.126 e. The molecule has 1 aliphatic heterocycles. The molecule has 0 saturated carbocycles. The van der Waals surface area contributed by atoms with Gasteiger partial charge in [0.05, 0.1) is 23.1 Å². The molecule has 4 heteroatoms. The quantitative estimate of drug-likeness (QED) is 0.0917. The van der Waals surface area contributed by atoms with Gasteiger partial charge in [0.1, 0.15) is 12.3 Å². The summed E-state index contributed by atoms with van der Waals surface area (Å²) in [6.45, 7) is 8.45. The summed E-state index contributed by atoms with van der Waals surface area (Å²) in [5.74, 6) is 0. The number of anilines is 3. The first-order valence-electron chi connectivity index (χ1n) is 19.7. The van der Waals surface area contributed by atoms with Crippen LogP contribution in [0.3, 0.4) is 0 Å². The molecule has 0 saturated heterocycles. The van der Waals surface area contributed by atoms with Crippen LogP contribution in [0.1, 0.15) is 55.6 Å². The molecule has 7 aromatic rings. The maximum absolute atomic E-state index is 5.21. The monoisotopic (exact) mass is 728 g/mol. The largest absolute Gasteiger partial charge is 0.363 e. The van der Waals surface area contributed by atoms with Gasteiger partial charge in [0, 0.05) is 11.3 Å². The highest BCUT2D eigenvalue weighted by Crippen LogP contribution is 2.45. The van der Waals surface area contributed by atoms with Crippen LogP contribution < -0.4 is 15.5 Å². The van der Waals surface area contributed by atoms with E-state index >= 15 is 0 Å². The fraction of sp³-hybridized carbons (Fsp3) is 0.135. The van der Waals surface area contributed by atoms with Crippen LogP contribution in [0.5, 0.6) is 0 Å². The van der Waals surface area contributed by atoms with E-state index in [2.05, 4.69) is 206 Å². The normalized spacial score (nSPS) is 14.8. The Morgan fingerprint density at radius 1 is 0.643 bits per heavy atom. The number of rotatable bonds is 13. The van der Waals surface area contributed by atoms with Crippen LogP contribution in [0.25, 0.3) is 33.4 Å². The number of fused-ring (bicyclic) bond motifs is 1. The molecule has 1 heterocycles. The summed E-state index contributed by atoms with van der Waals surface area (Å²) >= 11 is 0. The Morgan fingerprint density at radius 2 is 1.21 bits per heavy atom. The fourth-order valence-electron chi connectivity index (χ4n) is 7.79. The Kier molecular flexibility index (Phi) is 11.0. The van der Waals surface area contributed by atoms with E-state index in [1.807, 2.05) is 18.2 Å². The van der Waals surface area contributed by atoms with E-state index in [4.69, 9.17) is 4.99 Å². The topological polar surface area (TPSA) is 39.7 Å². The van der Waals surface area contributed by atoms with Crippen LogP contribution in [-0.4, -0.2) is 11.9 Å². The van der Waals surface area contributed by atoms with Crippen molar-refractivity contribution < 1.29 is 0 Å². The van der Waals surface area contributed by atoms with Gasteiger partial charge in [-0.1, -0.05) is 177 Å². The molecule has 0 bridgehead atoms. The number of nitrogens with one attached hydrogen (secondary N) is 2. The number of hydrogen-bond acceptors (Lipinski definition) is 4. The zero-order valence-corrected chi connectivity index (χ0v) is 32.1. The van der Waals surface area contributed by atoms with Gasteiger partial charge in [-0.2, -0.15) is 0 Å². The van der Waals surface area contributed by atoms with Gasteiger partial charge in [0.15, 0.2) is 0 Å². The molecular weight excluding hydrogens is 681 g/mol. The van der Waals surface area contributed by atoms with Crippen LogP contribution in [0.4, 0.5) is 17.1 Å². The molecule has 7 aromatic carbocycles. The van der Waals surface area contributed by atoms with Crippen molar-refractivity contribution in [3.05, 3.63) is 211 Å². The van der Waals surface area contributed by atoms with Gasteiger partial charge in [-0.25, -0.2) is 0 Å². The second-order valence-electron chi connectivity index (χ2n) is 14.4. The first-order chi connectivity index (χ1) is 27.6. The minimum Gasteiger partial charge on any atom is -0.363 e. The molecule has 0 spiro atoms. The van der Waals surface area contributed by atoms with Crippen molar-refractivity contribution in [3.63, 3.8) is 0 Å². The predicted molar refractivity (Wildman–Crippen MR) is 238 cm³/mol. The molecule has 0 aliphatic carbocycles. The molecule has 0 radical (unpaired) electrons. The van der Waals surface area contributed by atoms with Gasteiger partial charge in [-0.3, -0.25) is 10.3 Å². The Bertz CT molecular complexity index is 2420. The summed E-state index contributed by atoms with van der Waals surface area (Å²) in [6, 6.07) is 64.8. The summed E-state index contributed by atoms with van der Waals surface area (Å²) in [4.78, 5) is 7.69. The Labute approximate surface area is 331 Å². The van der Waals surface area contributed by atoms with Crippen molar-refractivity contribution in [3.8, 4) is 33.4 Å². The van der Waals surface area contributed by atoms with Crippen LogP contribution in [0, 0.1) is 0 Å². The van der Waals surface area contributed by atoms with Gasteiger partial charge in [0.2, 0.25) is 0 Å². The standard InChI is InChI=1S/C52H48N4/c1-4-17-51-54-48-25-13-15-27-50(48)56(51)49-26-14-12-24-46(49)45-23-16-22-44(36-45)41-34-32-40(33-35-41)39-30-28-38(29-31-39)37(3)53-52(43-20-10-7-11-21-43)55-47(5-2)42-18-8-6-9-19-42/h5-16,18-36,47,51-52,54-55H,2,4,17H2,1,3H3/t47-,51?,52?/m0/s1. The van der Waals surface area contributed by atoms with Gasteiger partial charge >= 0.3 is 0 Å². The second-order valence-corrected chi connectivity index (χ2v) is 14.4. The molecule has 0 aromatic heterocycles. The zero-order valence-electron chi connectivity index (χ0n) is 32.1.